The number of aromatic nitrogens is 2. The molecule has 1 aromatic carbocycles. The molecule has 3 heterocycles. The van der Waals surface area contributed by atoms with Gasteiger partial charge >= 0.3 is 0 Å². The average Bonchev–Trinajstić information content (AvgIpc) is 3.64. The first-order chi connectivity index (χ1) is 15.2. The molecule has 31 heavy (non-hydrogen) atoms. The van der Waals surface area contributed by atoms with Gasteiger partial charge < -0.3 is 24.4 Å². The fourth-order valence-corrected chi connectivity index (χ4v) is 4.74. The molecule has 2 fully saturated rings. The van der Waals surface area contributed by atoms with E-state index in [4.69, 9.17) is 19.3 Å². The second kappa shape index (κ2) is 9.10. The van der Waals surface area contributed by atoms with Gasteiger partial charge in [0.1, 0.15) is 11.4 Å². The molecule has 2 aromatic rings. The Hall–Kier alpha value is -2.22. The van der Waals surface area contributed by atoms with Crippen molar-refractivity contribution in [2.75, 3.05) is 46.0 Å². The van der Waals surface area contributed by atoms with Gasteiger partial charge in [-0.25, -0.2) is 0 Å². The Kier molecular flexibility index (Phi) is 6.07. The smallest absolute Gasteiger partial charge is 0.188 e. The van der Waals surface area contributed by atoms with Crippen LogP contribution in [0.2, 0.25) is 0 Å². The van der Waals surface area contributed by atoms with Crippen LogP contribution in [0.1, 0.15) is 48.3 Å². The number of likely N-dealkylation sites (tertiary alicyclic amines) is 1. The van der Waals surface area contributed by atoms with Crippen molar-refractivity contribution in [3.63, 3.8) is 0 Å². The lowest BCUT2D eigenvalue weighted by Gasteiger charge is -2.31. The number of hydrogen-bond donors (Lipinski definition) is 1. The van der Waals surface area contributed by atoms with Crippen molar-refractivity contribution >= 4 is 5.82 Å². The van der Waals surface area contributed by atoms with E-state index in [0.717, 1.165) is 54.3 Å². The molecule has 3 aliphatic rings. The van der Waals surface area contributed by atoms with E-state index in [1.54, 1.807) is 7.11 Å². The van der Waals surface area contributed by atoms with Crippen LogP contribution in [0, 0.1) is 0 Å². The van der Waals surface area contributed by atoms with E-state index in [-0.39, 0.29) is 6.79 Å². The van der Waals surface area contributed by atoms with E-state index in [2.05, 4.69) is 40.6 Å². The Morgan fingerprint density at radius 2 is 2.10 bits per heavy atom. The van der Waals surface area contributed by atoms with Crippen LogP contribution in [0.15, 0.2) is 18.2 Å². The molecule has 0 unspecified atom stereocenters. The van der Waals surface area contributed by atoms with E-state index in [1.165, 1.54) is 30.4 Å². The molecule has 1 saturated heterocycles. The summed E-state index contributed by atoms with van der Waals surface area (Å²) in [6, 6.07) is 6.90. The van der Waals surface area contributed by atoms with E-state index in [1.807, 2.05) is 0 Å². The topological polar surface area (TPSA) is 68.7 Å². The first kappa shape index (κ1) is 20.7. The molecule has 0 amide bonds. The van der Waals surface area contributed by atoms with E-state index in [0.29, 0.717) is 25.2 Å². The van der Waals surface area contributed by atoms with Crippen LogP contribution < -0.4 is 10.1 Å². The van der Waals surface area contributed by atoms with Crippen LogP contribution in [0.25, 0.3) is 11.3 Å². The predicted octanol–water partition coefficient (Wildman–Crippen LogP) is 3.58. The number of rotatable bonds is 7. The van der Waals surface area contributed by atoms with E-state index >= 15 is 0 Å². The van der Waals surface area contributed by atoms with Crippen LogP contribution in [0.5, 0.6) is 5.75 Å². The molecule has 1 aliphatic carbocycles. The third-order valence-corrected chi connectivity index (χ3v) is 6.54. The minimum Gasteiger partial charge on any atom is -0.467 e. The molecule has 2 aliphatic heterocycles. The summed E-state index contributed by atoms with van der Waals surface area (Å²) in [6.45, 7) is 3.67. The summed E-state index contributed by atoms with van der Waals surface area (Å²) in [5, 5.41) is 13.0. The quantitative estimate of drug-likeness (QED) is 0.681. The van der Waals surface area contributed by atoms with Crippen LogP contribution in [-0.4, -0.2) is 61.8 Å². The minimum atomic E-state index is 0.217. The molecule has 1 saturated carbocycles. The molecule has 1 atom stereocenters. The van der Waals surface area contributed by atoms with Crippen molar-refractivity contribution in [1.82, 2.24) is 15.1 Å². The van der Waals surface area contributed by atoms with Crippen molar-refractivity contribution in [2.24, 2.45) is 0 Å². The number of hydrogen-bond acceptors (Lipinski definition) is 7. The summed E-state index contributed by atoms with van der Waals surface area (Å²) in [4.78, 5) is 2.37. The van der Waals surface area contributed by atoms with Gasteiger partial charge in [-0.15, -0.1) is 10.2 Å². The zero-order valence-corrected chi connectivity index (χ0v) is 18.5. The molecule has 0 spiro atoms. The number of methoxy groups -OCH3 is 1. The van der Waals surface area contributed by atoms with Crippen LogP contribution in [0.3, 0.4) is 0 Å². The van der Waals surface area contributed by atoms with E-state index < -0.39 is 0 Å². The number of ether oxygens (including phenoxy) is 3. The molecule has 0 bridgehead atoms. The van der Waals surface area contributed by atoms with Gasteiger partial charge in [0.25, 0.3) is 0 Å². The fourth-order valence-electron chi connectivity index (χ4n) is 4.74. The number of anilines is 1. The third kappa shape index (κ3) is 4.54. The largest absolute Gasteiger partial charge is 0.467 e. The molecule has 7 heteroatoms. The SMILES string of the molecule is COCOc1cc(C2CC2)ccc1-c1nnc(N[C@@H]2CCCN(C)C2)c2c1CCOC2. The normalized spacial score (nSPS) is 21.5. The molecule has 7 nitrogen and oxygen atoms in total. The first-order valence-corrected chi connectivity index (χ1v) is 11.4. The van der Waals surface area contributed by atoms with Crippen molar-refractivity contribution < 1.29 is 14.2 Å². The van der Waals surface area contributed by atoms with Crippen LogP contribution in [0.4, 0.5) is 5.82 Å². The summed E-state index contributed by atoms with van der Waals surface area (Å²) in [6.07, 6.45) is 5.69. The van der Waals surface area contributed by atoms with Crippen molar-refractivity contribution in [3.8, 4) is 17.0 Å². The maximum Gasteiger partial charge on any atom is 0.188 e. The Morgan fingerprint density at radius 1 is 1.19 bits per heavy atom. The van der Waals surface area contributed by atoms with Crippen molar-refractivity contribution in [1.29, 1.82) is 0 Å². The second-order valence-corrected chi connectivity index (χ2v) is 8.98. The van der Waals surface area contributed by atoms with Gasteiger partial charge in [-0.2, -0.15) is 0 Å². The number of piperidine rings is 1. The monoisotopic (exact) mass is 424 g/mol. The van der Waals surface area contributed by atoms with Gasteiger partial charge in [0, 0.05) is 30.8 Å². The number of likely N-dealkylation sites (N-methyl/N-ethyl adjacent to an activating group) is 1. The van der Waals surface area contributed by atoms with Crippen LogP contribution >= 0.6 is 0 Å². The number of nitrogens with zero attached hydrogens (tertiary/aromatic N) is 3. The van der Waals surface area contributed by atoms with Gasteiger partial charge in [-0.3, -0.25) is 0 Å². The van der Waals surface area contributed by atoms with Gasteiger partial charge in [-0.05, 0) is 74.9 Å². The molecule has 5 rings (SSSR count). The molecule has 0 radical (unpaired) electrons. The molecular formula is C24H32N4O3. The molecule has 1 aromatic heterocycles. The van der Waals surface area contributed by atoms with Crippen LogP contribution in [-0.2, 0) is 22.5 Å². The lowest BCUT2D eigenvalue weighted by atomic mass is 9.96. The van der Waals surface area contributed by atoms with Gasteiger partial charge in [0.15, 0.2) is 12.6 Å². The molecular weight excluding hydrogens is 392 g/mol. The number of benzene rings is 1. The fraction of sp³-hybridized carbons (Fsp3) is 0.583. The van der Waals surface area contributed by atoms with Crippen molar-refractivity contribution in [3.05, 3.63) is 34.9 Å². The second-order valence-electron chi connectivity index (χ2n) is 8.98. The lowest BCUT2D eigenvalue weighted by molar-refractivity contribution is 0.0514. The Labute approximate surface area is 184 Å². The highest BCUT2D eigenvalue weighted by molar-refractivity contribution is 5.73. The van der Waals surface area contributed by atoms with Gasteiger partial charge in [0.05, 0.1) is 13.2 Å². The predicted molar refractivity (Wildman–Crippen MR) is 119 cm³/mol. The summed E-state index contributed by atoms with van der Waals surface area (Å²) in [5.74, 6) is 2.35. The summed E-state index contributed by atoms with van der Waals surface area (Å²) >= 11 is 0. The Morgan fingerprint density at radius 3 is 2.90 bits per heavy atom. The average molecular weight is 425 g/mol. The number of fused-ring (bicyclic) bond motifs is 1. The highest BCUT2D eigenvalue weighted by atomic mass is 16.7. The van der Waals surface area contributed by atoms with Gasteiger partial charge in [-0.1, -0.05) is 6.07 Å². The summed E-state index contributed by atoms with van der Waals surface area (Å²) in [7, 11) is 3.82. The maximum absolute atomic E-state index is 5.97. The molecule has 1 N–H and O–H groups in total. The lowest BCUT2D eigenvalue weighted by Crippen LogP contribution is -2.40. The maximum atomic E-state index is 5.97. The van der Waals surface area contributed by atoms with Crippen molar-refractivity contribution in [2.45, 2.75) is 50.7 Å². The third-order valence-electron chi connectivity index (χ3n) is 6.54. The highest BCUT2D eigenvalue weighted by Crippen LogP contribution is 2.44. The standard InChI is InChI=1S/C24H32N4O3/c1-28-10-3-4-18(13-28)25-24-21-14-30-11-9-19(21)23(26-27-24)20-8-7-17(16-5-6-16)12-22(20)31-15-29-2/h7-8,12,16,18H,3-6,9-11,13-15H2,1-2H3,(H,25,27)/t18-/m1/s1. The minimum absolute atomic E-state index is 0.217. The molecule has 166 valence electrons. The first-order valence-electron chi connectivity index (χ1n) is 11.4. The number of nitrogens with one attached hydrogen (secondary N) is 1. The van der Waals surface area contributed by atoms with Gasteiger partial charge in [0.2, 0.25) is 0 Å². The van der Waals surface area contributed by atoms with E-state index in [9.17, 15) is 0 Å². The Balaban J connectivity index is 1.49. The summed E-state index contributed by atoms with van der Waals surface area (Å²) in [5.41, 5.74) is 5.57. The highest BCUT2D eigenvalue weighted by Gasteiger charge is 2.28. The summed E-state index contributed by atoms with van der Waals surface area (Å²) < 4.78 is 17.0. The zero-order valence-electron chi connectivity index (χ0n) is 18.5. The Bertz CT molecular complexity index is 931. The zero-order chi connectivity index (χ0) is 21.2.